The monoisotopic (exact) mass is 470 g/mol. The number of carbonyl (C=O) groups excluding carboxylic acids is 2. The van der Waals surface area contributed by atoms with Gasteiger partial charge in [-0.25, -0.2) is 0 Å². The highest BCUT2D eigenvalue weighted by Crippen LogP contribution is 2.26. The van der Waals surface area contributed by atoms with Gasteiger partial charge in [0.15, 0.2) is 5.78 Å². The summed E-state index contributed by atoms with van der Waals surface area (Å²) in [5.74, 6) is 1.11. The molecule has 0 aliphatic carbocycles. The van der Waals surface area contributed by atoms with E-state index in [1.165, 1.54) is 17.3 Å². The summed E-state index contributed by atoms with van der Waals surface area (Å²) in [5.41, 5.74) is 3.95. The van der Waals surface area contributed by atoms with Gasteiger partial charge in [-0.05, 0) is 48.9 Å². The predicted molar refractivity (Wildman–Crippen MR) is 139 cm³/mol. The number of nitrogens with one attached hydrogen (secondary N) is 1. The summed E-state index contributed by atoms with van der Waals surface area (Å²) < 4.78 is 2.11. The standard InChI is InChI=1S/C29H34N4O2/c1-32-20-23(24-8-5-6-9-27(24)32)18-29(35)33-15-12-21(13-16-33)7-3-2-4-10-28(34)26-17-22-19-30-14-11-25(22)31-26/h5-6,8-9,11,14,17,19-21,31H,2-4,7,10,12-13,15-16,18H2,1H3. The summed E-state index contributed by atoms with van der Waals surface area (Å²) >= 11 is 0. The third-order valence-corrected chi connectivity index (χ3v) is 7.53. The Labute approximate surface area is 206 Å². The number of fused-ring (bicyclic) bond motifs is 2. The molecular weight excluding hydrogens is 436 g/mol. The Morgan fingerprint density at radius 1 is 1.09 bits per heavy atom. The molecule has 1 aliphatic rings. The molecule has 6 heteroatoms. The Kier molecular flexibility index (Phi) is 6.98. The van der Waals surface area contributed by atoms with Crippen molar-refractivity contribution >= 4 is 33.5 Å². The molecule has 1 aliphatic heterocycles. The number of para-hydroxylation sites is 1. The molecule has 1 amide bonds. The van der Waals surface area contributed by atoms with E-state index in [9.17, 15) is 9.59 Å². The molecule has 5 rings (SSSR count). The van der Waals surface area contributed by atoms with E-state index < -0.39 is 0 Å². The summed E-state index contributed by atoms with van der Waals surface area (Å²) in [5, 5.41) is 2.16. The number of carbonyl (C=O) groups is 2. The van der Waals surface area contributed by atoms with E-state index in [1.54, 1.807) is 12.4 Å². The van der Waals surface area contributed by atoms with Crippen LogP contribution in [-0.4, -0.2) is 44.2 Å². The van der Waals surface area contributed by atoms with E-state index in [4.69, 9.17) is 0 Å². The lowest BCUT2D eigenvalue weighted by Gasteiger charge is -2.32. The topological polar surface area (TPSA) is 71.0 Å². The SMILES string of the molecule is Cn1cc(CC(=O)N2CCC(CCCCCC(=O)c3cc4cnccc4[nH]3)CC2)c2ccccc21. The van der Waals surface area contributed by atoms with Crippen LogP contribution in [0.1, 0.15) is 61.0 Å². The van der Waals surface area contributed by atoms with Crippen LogP contribution in [0.5, 0.6) is 0 Å². The normalized spacial score (nSPS) is 14.7. The molecule has 4 heterocycles. The number of rotatable bonds is 9. The van der Waals surface area contributed by atoms with Crippen molar-refractivity contribution in [3.63, 3.8) is 0 Å². The van der Waals surface area contributed by atoms with Crippen LogP contribution in [0, 0.1) is 5.92 Å². The van der Waals surface area contributed by atoms with Crippen LogP contribution in [0.4, 0.5) is 0 Å². The highest BCUT2D eigenvalue weighted by atomic mass is 16.2. The van der Waals surface area contributed by atoms with E-state index in [0.29, 0.717) is 24.5 Å². The largest absolute Gasteiger partial charge is 0.352 e. The molecule has 0 unspecified atom stereocenters. The zero-order valence-electron chi connectivity index (χ0n) is 20.5. The second-order valence-electron chi connectivity index (χ2n) is 9.95. The lowest BCUT2D eigenvalue weighted by atomic mass is 9.90. The fraction of sp³-hybridized carbons (Fsp3) is 0.414. The number of hydrogen-bond acceptors (Lipinski definition) is 3. The number of benzene rings is 1. The zero-order chi connectivity index (χ0) is 24.2. The maximum Gasteiger partial charge on any atom is 0.227 e. The number of H-pyrrole nitrogens is 1. The van der Waals surface area contributed by atoms with Crippen molar-refractivity contribution < 1.29 is 9.59 Å². The van der Waals surface area contributed by atoms with Gasteiger partial charge >= 0.3 is 0 Å². The van der Waals surface area contributed by atoms with Crippen molar-refractivity contribution in [3.8, 4) is 0 Å². The molecule has 0 radical (unpaired) electrons. The maximum atomic E-state index is 12.9. The van der Waals surface area contributed by atoms with Crippen molar-refractivity contribution in [3.05, 3.63) is 66.2 Å². The number of Topliss-reactive ketones (excluding diaryl/α,β-unsaturated/α-hetero) is 1. The number of amides is 1. The number of unbranched alkanes of at least 4 members (excludes halogenated alkanes) is 2. The molecule has 4 aromatic rings. The second kappa shape index (κ2) is 10.5. The smallest absolute Gasteiger partial charge is 0.227 e. The fourth-order valence-corrected chi connectivity index (χ4v) is 5.46. The Morgan fingerprint density at radius 2 is 1.91 bits per heavy atom. The van der Waals surface area contributed by atoms with E-state index in [1.807, 2.05) is 36.2 Å². The fourth-order valence-electron chi connectivity index (χ4n) is 5.46. The molecule has 0 bridgehead atoms. The predicted octanol–water partition coefficient (Wildman–Crippen LogP) is 5.67. The third-order valence-electron chi connectivity index (χ3n) is 7.53. The van der Waals surface area contributed by atoms with Gasteiger partial charge in [0.25, 0.3) is 0 Å². The van der Waals surface area contributed by atoms with Crippen molar-refractivity contribution in [2.45, 2.75) is 51.4 Å². The molecular formula is C29H34N4O2. The van der Waals surface area contributed by atoms with Gasteiger partial charge in [0.1, 0.15) is 0 Å². The summed E-state index contributed by atoms with van der Waals surface area (Å²) in [4.78, 5) is 34.8. The van der Waals surface area contributed by atoms with Crippen LogP contribution in [0.25, 0.3) is 21.8 Å². The number of aryl methyl sites for hydroxylation is 1. The zero-order valence-corrected chi connectivity index (χ0v) is 20.5. The van der Waals surface area contributed by atoms with Gasteiger partial charge in [0.2, 0.25) is 5.91 Å². The highest BCUT2D eigenvalue weighted by Gasteiger charge is 2.23. The maximum absolute atomic E-state index is 12.9. The molecule has 0 saturated carbocycles. The highest BCUT2D eigenvalue weighted by molar-refractivity contribution is 5.99. The molecule has 1 fully saturated rings. The second-order valence-corrected chi connectivity index (χ2v) is 9.95. The summed E-state index contributed by atoms with van der Waals surface area (Å²) in [6.45, 7) is 1.73. The van der Waals surface area contributed by atoms with Crippen molar-refractivity contribution in [2.24, 2.45) is 13.0 Å². The molecule has 1 aromatic carbocycles. The van der Waals surface area contributed by atoms with Gasteiger partial charge in [0.05, 0.1) is 12.1 Å². The summed E-state index contributed by atoms with van der Waals surface area (Å²) in [7, 11) is 2.04. The van der Waals surface area contributed by atoms with Gasteiger partial charge in [-0.1, -0.05) is 37.5 Å². The molecule has 3 aromatic heterocycles. The number of likely N-dealkylation sites (tertiary alicyclic amines) is 1. The first-order chi connectivity index (χ1) is 17.1. The minimum Gasteiger partial charge on any atom is -0.352 e. The quantitative estimate of drug-likeness (QED) is 0.253. The number of aromatic amines is 1. The van der Waals surface area contributed by atoms with Gasteiger partial charge in [-0.3, -0.25) is 14.6 Å². The Morgan fingerprint density at radius 3 is 2.74 bits per heavy atom. The van der Waals surface area contributed by atoms with Gasteiger partial charge < -0.3 is 14.5 Å². The molecule has 35 heavy (non-hydrogen) atoms. The first-order valence-electron chi connectivity index (χ1n) is 12.8. The summed E-state index contributed by atoms with van der Waals surface area (Å²) in [6.07, 6.45) is 13.2. The lowest BCUT2D eigenvalue weighted by Crippen LogP contribution is -2.39. The average Bonchev–Trinajstić information content (AvgIpc) is 3.45. The van der Waals surface area contributed by atoms with E-state index in [2.05, 4.69) is 32.9 Å². The Balaban J connectivity index is 1.01. The number of pyridine rings is 1. The number of piperidine rings is 1. The Hall–Kier alpha value is -3.41. The van der Waals surface area contributed by atoms with Gasteiger partial charge in [-0.2, -0.15) is 0 Å². The van der Waals surface area contributed by atoms with Gasteiger partial charge in [0, 0.05) is 67.0 Å². The molecule has 1 N–H and O–H groups in total. The lowest BCUT2D eigenvalue weighted by molar-refractivity contribution is -0.131. The van der Waals surface area contributed by atoms with E-state index >= 15 is 0 Å². The number of nitrogens with zero attached hydrogens (tertiary/aromatic N) is 3. The third kappa shape index (κ3) is 5.31. The van der Waals surface area contributed by atoms with Crippen LogP contribution in [0.2, 0.25) is 0 Å². The minimum atomic E-state index is 0.180. The number of aromatic nitrogens is 3. The van der Waals surface area contributed by atoms with Crippen LogP contribution < -0.4 is 0 Å². The molecule has 0 atom stereocenters. The van der Waals surface area contributed by atoms with Crippen molar-refractivity contribution in [2.75, 3.05) is 13.1 Å². The van der Waals surface area contributed by atoms with E-state index in [0.717, 1.165) is 61.7 Å². The molecule has 6 nitrogen and oxygen atoms in total. The van der Waals surface area contributed by atoms with Crippen LogP contribution in [0.15, 0.2) is 55.0 Å². The molecule has 1 saturated heterocycles. The van der Waals surface area contributed by atoms with E-state index in [-0.39, 0.29) is 11.7 Å². The first-order valence-corrected chi connectivity index (χ1v) is 12.8. The van der Waals surface area contributed by atoms with Crippen molar-refractivity contribution in [1.82, 2.24) is 19.4 Å². The van der Waals surface area contributed by atoms with Crippen LogP contribution in [0.3, 0.4) is 0 Å². The van der Waals surface area contributed by atoms with Crippen molar-refractivity contribution in [1.29, 1.82) is 0 Å². The number of hydrogen-bond donors (Lipinski definition) is 1. The Bertz CT molecular complexity index is 1290. The number of ketones is 1. The average molecular weight is 471 g/mol. The summed E-state index contributed by atoms with van der Waals surface area (Å²) in [6, 6.07) is 12.1. The first kappa shape index (κ1) is 23.3. The van der Waals surface area contributed by atoms with Crippen LogP contribution >= 0.6 is 0 Å². The molecule has 182 valence electrons. The minimum absolute atomic E-state index is 0.180. The van der Waals surface area contributed by atoms with Crippen LogP contribution in [-0.2, 0) is 18.3 Å². The van der Waals surface area contributed by atoms with Gasteiger partial charge in [-0.15, -0.1) is 0 Å². The molecule has 0 spiro atoms.